The summed E-state index contributed by atoms with van der Waals surface area (Å²) < 4.78 is 10.4. The van der Waals surface area contributed by atoms with Crippen molar-refractivity contribution in [2.24, 2.45) is 0 Å². The van der Waals surface area contributed by atoms with Gasteiger partial charge in [-0.1, -0.05) is 6.08 Å². The highest BCUT2D eigenvalue weighted by atomic mass is 32.1. The molecule has 2 rings (SSSR count). The smallest absolute Gasteiger partial charge is 0.254 e. The van der Waals surface area contributed by atoms with Gasteiger partial charge in [0.1, 0.15) is 18.0 Å². The topological polar surface area (TPSA) is 80.8 Å². The maximum Gasteiger partial charge on any atom is 0.254 e. The Hall–Kier alpha value is -2.87. The molecule has 7 nitrogen and oxygen atoms in total. The van der Waals surface area contributed by atoms with Crippen LogP contribution in [0.15, 0.2) is 37.1 Å². The largest absolute Gasteiger partial charge is 0.497 e. The van der Waals surface area contributed by atoms with Gasteiger partial charge in [0, 0.05) is 29.2 Å². The van der Waals surface area contributed by atoms with Crippen molar-refractivity contribution >= 4 is 28.3 Å². The SMILES string of the molecule is C=CCN(CC(=O)Nc1ncc(C)s1)C(=O)c1cc(OC)cc(OC)c1. The first-order valence-electron chi connectivity index (χ1n) is 7.82. The minimum Gasteiger partial charge on any atom is -0.497 e. The maximum atomic E-state index is 12.8. The highest BCUT2D eigenvalue weighted by Gasteiger charge is 2.20. The van der Waals surface area contributed by atoms with E-state index < -0.39 is 0 Å². The zero-order chi connectivity index (χ0) is 19.1. The van der Waals surface area contributed by atoms with E-state index >= 15 is 0 Å². The number of thiazole rings is 1. The third-order valence-electron chi connectivity index (χ3n) is 3.44. The number of anilines is 1. The van der Waals surface area contributed by atoms with Crippen molar-refractivity contribution < 1.29 is 19.1 Å². The number of benzene rings is 1. The third-order valence-corrected chi connectivity index (χ3v) is 4.27. The number of nitrogens with one attached hydrogen (secondary N) is 1. The molecule has 2 aromatic rings. The van der Waals surface area contributed by atoms with E-state index in [0.29, 0.717) is 22.2 Å². The summed E-state index contributed by atoms with van der Waals surface area (Å²) in [6.45, 7) is 5.66. The van der Waals surface area contributed by atoms with E-state index in [1.54, 1.807) is 30.5 Å². The highest BCUT2D eigenvalue weighted by molar-refractivity contribution is 7.15. The zero-order valence-corrected chi connectivity index (χ0v) is 15.8. The van der Waals surface area contributed by atoms with Gasteiger partial charge in [-0.15, -0.1) is 17.9 Å². The van der Waals surface area contributed by atoms with Crippen LogP contribution in [0.2, 0.25) is 0 Å². The van der Waals surface area contributed by atoms with Gasteiger partial charge in [0.2, 0.25) is 5.91 Å². The van der Waals surface area contributed by atoms with Crippen LogP contribution in [0.1, 0.15) is 15.2 Å². The van der Waals surface area contributed by atoms with E-state index in [4.69, 9.17) is 9.47 Å². The number of aryl methyl sites for hydroxylation is 1. The number of ether oxygens (including phenoxy) is 2. The lowest BCUT2D eigenvalue weighted by atomic mass is 10.1. The first-order chi connectivity index (χ1) is 12.5. The first kappa shape index (κ1) is 19.5. The Balaban J connectivity index is 2.16. The Kier molecular flexibility index (Phi) is 6.74. The standard InChI is InChI=1S/C18H21N3O4S/c1-5-6-21(11-16(22)20-18-19-10-12(2)26-18)17(23)13-7-14(24-3)9-15(8-13)25-4/h5,7-10H,1,6,11H2,2-4H3,(H,19,20,22). The van der Waals surface area contributed by atoms with Crippen molar-refractivity contribution in [2.45, 2.75) is 6.92 Å². The molecule has 8 heteroatoms. The molecule has 0 aliphatic carbocycles. The van der Waals surface area contributed by atoms with Crippen LogP contribution in [0.3, 0.4) is 0 Å². The van der Waals surface area contributed by atoms with Crippen LogP contribution in [0.5, 0.6) is 11.5 Å². The lowest BCUT2D eigenvalue weighted by Gasteiger charge is -2.21. The van der Waals surface area contributed by atoms with Crippen molar-refractivity contribution in [3.05, 3.63) is 47.5 Å². The Morgan fingerprint density at radius 3 is 2.42 bits per heavy atom. The van der Waals surface area contributed by atoms with E-state index in [-0.39, 0.29) is 24.9 Å². The molecular weight excluding hydrogens is 354 g/mol. The van der Waals surface area contributed by atoms with Crippen molar-refractivity contribution in [2.75, 3.05) is 32.6 Å². The minimum atomic E-state index is -0.329. The average molecular weight is 375 g/mol. The quantitative estimate of drug-likeness (QED) is 0.718. The third kappa shape index (κ3) is 5.06. The molecule has 0 saturated heterocycles. The molecule has 0 bridgehead atoms. The van der Waals surface area contributed by atoms with Crippen LogP contribution in [-0.4, -0.2) is 49.0 Å². The second-order valence-corrected chi connectivity index (χ2v) is 6.63. The van der Waals surface area contributed by atoms with E-state index in [1.807, 2.05) is 6.92 Å². The van der Waals surface area contributed by atoms with Gasteiger partial charge in [0.25, 0.3) is 5.91 Å². The fourth-order valence-electron chi connectivity index (χ4n) is 2.23. The van der Waals surface area contributed by atoms with E-state index in [9.17, 15) is 9.59 Å². The van der Waals surface area contributed by atoms with Crippen LogP contribution in [-0.2, 0) is 4.79 Å². The minimum absolute atomic E-state index is 0.122. The Labute approximate surface area is 156 Å². The van der Waals surface area contributed by atoms with Crippen molar-refractivity contribution in [3.63, 3.8) is 0 Å². The second-order valence-electron chi connectivity index (χ2n) is 5.40. The van der Waals surface area contributed by atoms with Crippen LogP contribution in [0.4, 0.5) is 5.13 Å². The second kappa shape index (κ2) is 9.00. The fraction of sp³-hybridized carbons (Fsp3) is 0.278. The number of carbonyl (C=O) groups is 2. The summed E-state index contributed by atoms with van der Waals surface area (Å²) in [5, 5.41) is 3.20. The van der Waals surface area contributed by atoms with Crippen LogP contribution >= 0.6 is 11.3 Å². The number of carbonyl (C=O) groups excluding carboxylic acids is 2. The van der Waals surface area contributed by atoms with Crippen LogP contribution in [0.25, 0.3) is 0 Å². The number of hydrogen-bond acceptors (Lipinski definition) is 6. The fourth-order valence-corrected chi connectivity index (χ4v) is 2.91. The van der Waals surface area contributed by atoms with E-state index in [0.717, 1.165) is 4.88 Å². The predicted octanol–water partition coefficient (Wildman–Crippen LogP) is 2.74. The van der Waals surface area contributed by atoms with E-state index in [1.165, 1.54) is 30.5 Å². The summed E-state index contributed by atoms with van der Waals surface area (Å²) in [5.74, 6) is 0.333. The molecule has 0 unspecified atom stereocenters. The van der Waals surface area contributed by atoms with Gasteiger partial charge in [0.05, 0.1) is 14.2 Å². The lowest BCUT2D eigenvalue weighted by Crippen LogP contribution is -2.38. The molecule has 1 heterocycles. The molecule has 1 aromatic heterocycles. The number of aromatic nitrogens is 1. The van der Waals surface area contributed by atoms with Crippen molar-refractivity contribution in [1.82, 2.24) is 9.88 Å². The van der Waals surface area contributed by atoms with Gasteiger partial charge in [-0.05, 0) is 19.1 Å². The molecule has 1 N–H and O–H groups in total. The number of hydrogen-bond donors (Lipinski definition) is 1. The average Bonchev–Trinajstić information content (AvgIpc) is 3.04. The molecule has 0 saturated carbocycles. The molecule has 0 atom stereocenters. The van der Waals surface area contributed by atoms with Crippen LogP contribution in [0, 0.1) is 6.92 Å². The monoisotopic (exact) mass is 375 g/mol. The summed E-state index contributed by atoms with van der Waals surface area (Å²) in [5.41, 5.74) is 0.362. The Morgan fingerprint density at radius 2 is 1.92 bits per heavy atom. The van der Waals surface area contributed by atoms with Gasteiger partial charge < -0.3 is 19.7 Å². The molecule has 2 amide bonds. The lowest BCUT2D eigenvalue weighted by molar-refractivity contribution is -0.116. The Bertz CT molecular complexity index is 781. The molecule has 0 radical (unpaired) electrons. The summed E-state index contributed by atoms with van der Waals surface area (Å²) in [6.07, 6.45) is 3.24. The predicted molar refractivity (Wildman–Crippen MR) is 101 cm³/mol. The molecule has 1 aromatic carbocycles. The molecule has 138 valence electrons. The van der Waals surface area contributed by atoms with Crippen LogP contribution < -0.4 is 14.8 Å². The number of rotatable bonds is 8. The number of nitrogens with zero attached hydrogens (tertiary/aromatic N) is 2. The normalized spacial score (nSPS) is 10.1. The summed E-state index contributed by atoms with van der Waals surface area (Å²) in [6, 6.07) is 4.87. The summed E-state index contributed by atoms with van der Waals surface area (Å²) in [4.78, 5) is 31.6. The molecule has 0 fully saturated rings. The van der Waals surface area contributed by atoms with Gasteiger partial charge in [-0.3, -0.25) is 9.59 Å². The molecular formula is C18H21N3O4S. The summed E-state index contributed by atoms with van der Waals surface area (Å²) in [7, 11) is 3.02. The highest BCUT2D eigenvalue weighted by Crippen LogP contribution is 2.23. The zero-order valence-electron chi connectivity index (χ0n) is 14.9. The van der Waals surface area contributed by atoms with Crippen molar-refractivity contribution in [3.8, 4) is 11.5 Å². The van der Waals surface area contributed by atoms with Gasteiger partial charge in [-0.25, -0.2) is 4.98 Å². The van der Waals surface area contributed by atoms with E-state index in [2.05, 4.69) is 16.9 Å². The molecule has 0 spiro atoms. The van der Waals surface area contributed by atoms with Gasteiger partial charge in [0.15, 0.2) is 5.13 Å². The van der Waals surface area contributed by atoms with Gasteiger partial charge >= 0.3 is 0 Å². The van der Waals surface area contributed by atoms with Gasteiger partial charge in [-0.2, -0.15) is 0 Å². The first-order valence-corrected chi connectivity index (χ1v) is 8.64. The van der Waals surface area contributed by atoms with Crippen molar-refractivity contribution in [1.29, 1.82) is 0 Å². The Morgan fingerprint density at radius 1 is 1.27 bits per heavy atom. The molecule has 0 aliphatic rings. The number of methoxy groups -OCH3 is 2. The molecule has 0 aliphatic heterocycles. The molecule has 26 heavy (non-hydrogen) atoms. The maximum absolute atomic E-state index is 12.8. The number of amides is 2. The summed E-state index contributed by atoms with van der Waals surface area (Å²) >= 11 is 1.37.